The predicted molar refractivity (Wildman–Crippen MR) is 109 cm³/mol. The maximum atomic E-state index is 12.5. The van der Waals surface area contributed by atoms with Crippen LogP contribution in [0, 0.1) is 5.92 Å². The van der Waals surface area contributed by atoms with E-state index in [1.807, 2.05) is 18.2 Å². The van der Waals surface area contributed by atoms with Crippen LogP contribution in [-0.2, 0) is 15.6 Å². The predicted octanol–water partition coefficient (Wildman–Crippen LogP) is 2.81. The fraction of sp³-hybridized carbons (Fsp3) is 0.350. The maximum absolute atomic E-state index is 12.5. The first-order valence-corrected chi connectivity index (χ1v) is 10.6. The van der Waals surface area contributed by atoms with Crippen molar-refractivity contribution in [1.29, 1.82) is 0 Å². The standard InChI is InChI=1S/C20H24N2O3S.ClH/c23-20(22-13-11-16-10-12-21-14-16)18-6-8-19(9-7-18)26(24,25)15-17-4-2-1-3-5-17;/h1-9,16,21H,10-15H2,(H,22,23);1H. The molecule has 1 heterocycles. The molecule has 7 heteroatoms. The molecule has 5 nitrogen and oxygen atoms in total. The zero-order valence-corrected chi connectivity index (χ0v) is 16.7. The summed E-state index contributed by atoms with van der Waals surface area (Å²) < 4.78 is 25.0. The molecule has 1 aliphatic rings. The Bertz CT molecular complexity index is 833. The highest BCUT2D eigenvalue weighted by atomic mass is 35.5. The number of nitrogens with one attached hydrogen (secondary N) is 2. The highest BCUT2D eigenvalue weighted by Crippen LogP contribution is 2.17. The average Bonchev–Trinajstić information content (AvgIpc) is 3.16. The summed E-state index contributed by atoms with van der Waals surface area (Å²) in [4.78, 5) is 12.4. The fourth-order valence-electron chi connectivity index (χ4n) is 3.14. The minimum Gasteiger partial charge on any atom is -0.352 e. The molecule has 1 amide bonds. The first-order valence-electron chi connectivity index (χ1n) is 8.90. The molecule has 0 saturated carbocycles. The molecule has 0 aliphatic carbocycles. The smallest absolute Gasteiger partial charge is 0.251 e. The van der Waals surface area contributed by atoms with E-state index in [4.69, 9.17) is 0 Å². The summed E-state index contributed by atoms with van der Waals surface area (Å²) in [6.07, 6.45) is 2.12. The minimum atomic E-state index is -3.42. The Morgan fingerprint density at radius 2 is 1.78 bits per heavy atom. The lowest BCUT2D eigenvalue weighted by Gasteiger charge is -2.10. The number of sulfone groups is 1. The largest absolute Gasteiger partial charge is 0.352 e. The average molecular weight is 409 g/mol. The Morgan fingerprint density at radius 3 is 2.41 bits per heavy atom. The van der Waals surface area contributed by atoms with Crippen molar-refractivity contribution < 1.29 is 13.2 Å². The van der Waals surface area contributed by atoms with E-state index in [1.54, 1.807) is 24.3 Å². The third-order valence-corrected chi connectivity index (χ3v) is 6.38. The normalized spacial score (nSPS) is 16.5. The molecule has 1 fully saturated rings. The molecule has 2 aromatic carbocycles. The molecule has 1 aliphatic heterocycles. The van der Waals surface area contributed by atoms with Crippen LogP contribution in [0.15, 0.2) is 59.5 Å². The van der Waals surface area contributed by atoms with Crippen molar-refractivity contribution in [3.8, 4) is 0 Å². The lowest BCUT2D eigenvalue weighted by atomic mass is 10.1. The zero-order valence-electron chi connectivity index (χ0n) is 15.1. The van der Waals surface area contributed by atoms with Gasteiger partial charge in [0.1, 0.15) is 0 Å². The third-order valence-electron chi connectivity index (χ3n) is 4.68. The number of amides is 1. The van der Waals surface area contributed by atoms with Crippen molar-refractivity contribution in [3.63, 3.8) is 0 Å². The number of carbonyl (C=O) groups excluding carboxylic acids is 1. The summed E-state index contributed by atoms with van der Waals surface area (Å²) in [5, 5.41) is 6.22. The second kappa shape index (κ2) is 9.88. The van der Waals surface area contributed by atoms with Gasteiger partial charge in [-0.1, -0.05) is 30.3 Å². The molecule has 0 bridgehead atoms. The Balaban J connectivity index is 0.00000261. The minimum absolute atomic E-state index is 0. The van der Waals surface area contributed by atoms with Crippen LogP contribution in [0.2, 0.25) is 0 Å². The van der Waals surface area contributed by atoms with Crippen LogP contribution in [0.4, 0.5) is 0 Å². The van der Waals surface area contributed by atoms with Gasteiger partial charge in [0.25, 0.3) is 5.91 Å². The fourth-order valence-corrected chi connectivity index (χ4v) is 4.49. The first kappa shape index (κ1) is 21.4. The molecule has 146 valence electrons. The van der Waals surface area contributed by atoms with E-state index in [0.717, 1.165) is 31.5 Å². The summed E-state index contributed by atoms with van der Waals surface area (Å²) in [6.45, 7) is 2.71. The van der Waals surface area contributed by atoms with E-state index < -0.39 is 9.84 Å². The molecule has 2 aromatic rings. The molecule has 1 unspecified atom stereocenters. The van der Waals surface area contributed by atoms with E-state index >= 15 is 0 Å². The summed E-state index contributed by atoms with van der Waals surface area (Å²) in [5.41, 5.74) is 1.23. The van der Waals surface area contributed by atoms with Gasteiger partial charge in [0, 0.05) is 12.1 Å². The third kappa shape index (κ3) is 6.06. The van der Waals surface area contributed by atoms with Crippen LogP contribution in [0.1, 0.15) is 28.8 Å². The van der Waals surface area contributed by atoms with E-state index in [2.05, 4.69) is 10.6 Å². The quantitative estimate of drug-likeness (QED) is 0.738. The lowest BCUT2D eigenvalue weighted by molar-refractivity contribution is 0.0951. The van der Waals surface area contributed by atoms with Gasteiger partial charge in [-0.3, -0.25) is 4.79 Å². The molecule has 0 radical (unpaired) electrons. The van der Waals surface area contributed by atoms with Gasteiger partial charge in [0.15, 0.2) is 9.84 Å². The highest BCUT2D eigenvalue weighted by Gasteiger charge is 2.17. The number of rotatable bonds is 7. The zero-order chi connectivity index (χ0) is 18.4. The van der Waals surface area contributed by atoms with Crippen molar-refractivity contribution in [1.82, 2.24) is 10.6 Å². The van der Waals surface area contributed by atoms with Crippen molar-refractivity contribution in [2.45, 2.75) is 23.5 Å². The molecular formula is C20H25ClN2O3S. The van der Waals surface area contributed by atoms with Gasteiger partial charge in [-0.15, -0.1) is 12.4 Å². The number of hydrogen-bond donors (Lipinski definition) is 2. The molecular weight excluding hydrogens is 384 g/mol. The lowest BCUT2D eigenvalue weighted by Crippen LogP contribution is -2.26. The van der Waals surface area contributed by atoms with E-state index in [0.29, 0.717) is 18.0 Å². The molecule has 27 heavy (non-hydrogen) atoms. The van der Waals surface area contributed by atoms with Crippen LogP contribution >= 0.6 is 12.4 Å². The molecule has 0 spiro atoms. The van der Waals surface area contributed by atoms with Crippen LogP contribution in [0.25, 0.3) is 0 Å². The second-order valence-corrected chi connectivity index (χ2v) is 8.66. The molecule has 3 rings (SSSR count). The molecule has 2 N–H and O–H groups in total. The topological polar surface area (TPSA) is 75.3 Å². The van der Waals surface area contributed by atoms with E-state index in [1.165, 1.54) is 12.1 Å². The van der Waals surface area contributed by atoms with Crippen molar-refractivity contribution >= 4 is 28.2 Å². The van der Waals surface area contributed by atoms with Crippen LogP contribution in [0.5, 0.6) is 0 Å². The number of carbonyl (C=O) groups is 1. The van der Waals surface area contributed by atoms with Crippen molar-refractivity contribution in [2.75, 3.05) is 19.6 Å². The molecule has 0 aromatic heterocycles. The van der Waals surface area contributed by atoms with Crippen molar-refractivity contribution in [3.05, 3.63) is 65.7 Å². The van der Waals surface area contributed by atoms with Gasteiger partial charge in [-0.05, 0) is 61.7 Å². The molecule has 1 atom stereocenters. The van der Waals surface area contributed by atoms with Gasteiger partial charge in [0.05, 0.1) is 10.6 Å². The van der Waals surface area contributed by atoms with Gasteiger partial charge >= 0.3 is 0 Å². The van der Waals surface area contributed by atoms with Gasteiger partial charge < -0.3 is 10.6 Å². The summed E-state index contributed by atoms with van der Waals surface area (Å²) in [5.74, 6) is 0.415. The van der Waals surface area contributed by atoms with E-state index in [9.17, 15) is 13.2 Å². The van der Waals surface area contributed by atoms with E-state index in [-0.39, 0.29) is 29.0 Å². The first-order chi connectivity index (χ1) is 12.5. The molecule has 1 saturated heterocycles. The van der Waals surface area contributed by atoms with Gasteiger partial charge in [-0.25, -0.2) is 8.42 Å². The maximum Gasteiger partial charge on any atom is 0.251 e. The monoisotopic (exact) mass is 408 g/mol. The Labute approximate surface area is 166 Å². The number of hydrogen-bond acceptors (Lipinski definition) is 4. The van der Waals surface area contributed by atoms with Gasteiger partial charge in [0.2, 0.25) is 0 Å². The Hall–Kier alpha value is -1.89. The Morgan fingerprint density at radius 1 is 1.07 bits per heavy atom. The van der Waals surface area contributed by atoms with Crippen LogP contribution in [-0.4, -0.2) is 34.0 Å². The van der Waals surface area contributed by atoms with Crippen LogP contribution in [0.3, 0.4) is 0 Å². The van der Waals surface area contributed by atoms with Gasteiger partial charge in [-0.2, -0.15) is 0 Å². The summed E-state index contributed by atoms with van der Waals surface area (Å²) in [6, 6.07) is 15.2. The SMILES string of the molecule is Cl.O=C(NCCC1CCNC1)c1ccc(S(=O)(=O)Cc2ccccc2)cc1. The number of halogens is 1. The second-order valence-electron chi connectivity index (χ2n) is 6.67. The summed E-state index contributed by atoms with van der Waals surface area (Å²) in [7, 11) is -3.42. The summed E-state index contributed by atoms with van der Waals surface area (Å²) >= 11 is 0. The van der Waals surface area contributed by atoms with Crippen LogP contribution < -0.4 is 10.6 Å². The van der Waals surface area contributed by atoms with Crippen molar-refractivity contribution in [2.24, 2.45) is 5.92 Å². The number of benzene rings is 2. The highest BCUT2D eigenvalue weighted by molar-refractivity contribution is 7.90. The Kier molecular flexibility index (Phi) is 7.83.